The Morgan fingerprint density at radius 1 is 1.33 bits per heavy atom. The molecule has 62 valence electrons. The first-order valence-corrected chi connectivity index (χ1v) is 4.00. The first-order chi connectivity index (χ1) is 5.86. The van der Waals surface area contributed by atoms with E-state index in [9.17, 15) is 5.11 Å². The summed E-state index contributed by atoms with van der Waals surface area (Å²) in [5, 5.41) is 9.24. The maximum Gasteiger partial charge on any atom is 0.115 e. The van der Waals surface area contributed by atoms with Gasteiger partial charge in [0.05, 0.1) is 6.10 Å². The van der Waals surface area contributed by atoms with Gasteiger partial charge in [-0.1, -0.05) is 6.08 Å². The molecule has 3 nitrogen and oxygen atoms in total. The zero-order valence-electron chi connectivity index (χ0n) is 6.64. The average Bonchev–Trinajstić information content (AvgIpc) is 2.54. The first-order valence-electron chi connectivity index (χ1n) is 4.00. The number of hydrogen-bond donors (Lipinski definition) is 1. The second-order valence-corrected chi connectivity index (χ2v) is 2.93. The summed E-state index contributed by atoms with van der Waals surface area (Å²) in [6.45, 7) is 0. The smallest absolute Gasteiger partial charge is 0.115 e. The number of hydrogen-bond acceptors (Lipinski definition) is 3. The van der Waals surface area contributed by atoms with Crippen molar-refractivity contribution in [2.24, 2.45) is 0 Å². The minimum atomic E-state index is -0.278. The highest BCUT2D eigenvalue weighted by atomic mass is 16.3. The largest absolute Gasteiger partial charge is 0.389 e. The second kappa shape index (κ2) is 3.03. The molecule has 0 amide bonds. The molecule has 0 radical (unpaired) electrons. The summed E-state index contributed by atoms with van der Waals surface area (Å²) in [6.07, 6.45) is 8.40. The monoisotopic (exact) mass is 162 g/mol. The Balaban J connectivity index is 2.27. The van der Waals surface area contributed by atoms with E-state index in [1.54, 1.807) is 12.4 Å². The molecule has 1 heterocycles. The van der Waals surface area contributed by atoms with Crippen LogP contribution >= 0.6 is 0 Å². The van der Waals surface area contributed by atoms with Crippen LogP contribution < -0.4 is 0 Å². The summed E-state index contributed by atoms with van der Waals surface area (Å²) in [6, 6.07) is 0. The molecule has 0 saturated heterocycles. The molecule has 12 heavy (non-hydrogen) atoms. The van der Waals surface area contributed by atoms with Crippen molar-refractivity contribution in [1.29, 1.82) is 0 Å². The van der Waals surface area contributed by atoms with E-state index < -0.39 is 0 Å². The number of rotatable bonds is 1. The Kier molecular flexibility index (Phi) is 1.87. The number of allylic oxidation sites excluding steroid dienone is 1. The minimum absolute atomic E-state index is 0.278. The van der Waals surface area contributed by atoms with E-state index in [4.69, 9.17) is 0 Å². The van der Waals surface area contributed by atoms with Crippen LogP contribution in [0, 0.1) is 0 Å². The van der Waals surface area contributed by atoms with Crippen LogP contribution in [-0.4, -0.2) is 21.2 Å². The summed E-state index contributed by atoms with van der Waals surface area (Å²) in [5.41, 5.74) is 2.18. The van der Waals surface area contributed by atoms with Crippen molar-refractivity contribution in [2.45, 2.75) is 18.9 Å². The molecule has 2 rings (SSSR count). The van der Waals surface area contributed by atoms with E-state index in [0.29, 0.717) is 0 Å². The van der Waals surface area contributed by atoms with Crippen LogP contribution in [0.25, 0.3) is 5.57 Å². The van der Waals surface area contributed by atoms with Gasteiger partial charge in [0.2, 0.25) is 0 Å². The van der Waals surface area contributed by atoms with Gasteiger partial charge in [0.25, 0.3) is 0 Å². The Labute approximate surface area is 70.8 Å². The highest BCUT2D eigenvalue weighted by Crippen LogP contribution is 2.26. The van der Waals surface area contributed by atoms with Gasteiger partial charge in [-0.2, -0.15) is 0 Å². The standard InChI is InChI=1S/C9H10N2O/c12-9-2-1-7(3-9)8-4-10-6-11-5-8/h3-6,9,12H,1-2H2. The van der Waals surface area contributed by atoms with Gasteiger partial charge in [-0.3, -0.25) is 0 Å². The van der Waals surface area contributed by atoms with Crippen molar-refractivity contribution in [1.82, 2.24) is 9.97 Å². The van der Waals surface area contributed by atoms with Crippen molar-refractivity contribution >= 4 is 5.57 Å². The van der Waals surface area contributed by atoms with Gasteiger partial charge >= 0.3 is 0 Å². The Bertz CT molecular complexity index is 295. The lowest BCUT2D eigenvalue weighted by Gasteiger charge is -1.97. The molecule has 0 bridgehead atoms. The van der Waals surface area contributed by atoms with E-state index >= 15 is 0 Å². The van der Waals surface area contributed by atoms with E-state index in [2.05, 4.69) is 9.97 Å². The Morgan fingerprint density at radius 2 is 2.08 bits per heavy atom. The third kappa shape index (κ3) is 1.36. The van der Waals surface area contributed by atoms with Crippen LogP contribution in [0.5, 0.6) is 0 Å². The lowest BCUT2D eigenvalue weighted by atomic mass is 10.1. The molecular weight excluding hydrogens is 152 g/mol. The maximum atomic E-state index is 9.24. The maximum absolute atomic E-state index is 9.24. The summed E-state index contributed by atoms with van der Waals surface area (Å²) < 4.78 is 0. The molecular formula is C9H10N2O. The van der Waals surface area contributed by atoms with Crippen LogP contribution in [0.4, 0.5) is 0 Å². The molecule has 3 heteroatoms. The van der Waals surface area contributed by atoms with Crippen molar-refractivity contribution in [2.75, 3.05) is 0 Å². The van der Waals surface area contributed by atoms with Crippen LogP contribution in [0.2, 0.25) is 0 Å². The molecule has 1 aliphatic rings. The van der Waals surface area contributed by atoms with Crippen molar-refractivity contribution < 1.29 is 5.11 Å². The van der Waals surface area contributed by atoms with Crippen molar-refractivity contribution in [3.05, 3.63) is 30.4 Å². The number of aliphatic hydroxyl groups excluding tert-OH is 1. The fraction of sp³-hybridized carbons (Fsp3) is 0.333. The molecule has 1 aliphatic carbocycles. The SMILES string of the molecule is OC1C=C(c2cncnc2)CC1. The van der Waals surface area contributed by atoms with Gasteiger partial charge in [-0.15, -0.1) is 0 Å². The minimum Gasteiger partial charge on any atom is -0.389 e. The molecule has 1 aromatic rings. The molecule has 0 spiro atoms. The van der Waals surface area contributed by atoms with Gasteiger partial charge in [-0.25, -0.2) is 9.97 Å². The molecule has 0 aromatic carbocycles. The zero-order valence-corrected chi connectivity index (χ0v) is 6.64. The fourth-order valence-corrected chi connectivity index (χ4v) is 1.41. The highest BCUT2D eigenvalue weighted by Gasteiger charge is 2.13. The van der Waals surface area contributed by atoms with E-state index in [0.717, 1.165) is 24.0 Å². The summed E-state index contributed by atoms with van der Waals surface area (Å²) in [5.74, 6) is 0. The summed E-state index contributed by atoms with van der Waals surface area (Å²) in [4.78, 5) is 7.84. The fourth-order valence-electron chi connectivity index (χ4n) is 1.41. The summed E-state index contributed by atoms with van der Waals surface area (Å²) >= 11 is 0. The van der Waals surface area contributed by atoms with Crippen LogP contribution in [0.1, 0.15) is 18.4 Å². The zero-order chi connectivity index (χ0) is 8.39. The predicted molar refractivity (Wildman–Crippen MR) is 45.2 cm³/mol. The molecule has 0 fully saturated rings. The molecule has 0 aliphatic heterocycles. The summed E-state index contributed by atoms with van der Waals surface area (Å²) in [7, 11) is 0. The van der Waals surface area contributed by atoms with E-state index in [1.165, 1.54) is 6.33 Å². The third-order valence-corrected chi connectivity index (χ3v) is 2.03. The predicted octanol–water partition coefficient (Wildman–Crippen LogP) is 1.01. The van der Waals surface area contributed by atoms with E-state index in [-0.39, 0.29) is 6.10 Å². The van der Waals surface area contributed by atoms with Gasteiger partial charge < -0.3 is 5.11 Å². The molecule has 1 unspecified atom stereocenters. The second-order valence-electron chi connectivity index (χ2n) is 2.93. The topological polar surface area (TPSA) is 46.0 Å². The number of aromatic nitrogens is 2. The van der Waals surface area contributed by atoms with Crippen LogP contribution in [-0.2, 0) is 0 Å². The lowest BCUT2D eigenvalue weighted by Crippen LogP contribution is -1.93. The Hall–Kier alpha value is -1.22. The van der Waals surface area contributed by atoms with Gasteiger partial charge in [-0.05, 0) is 18.4 Å². The molecule has 1 atom stereocenters. The van der Waals surface area contributed by atoms with Crippen LogP contribution in [0.15, 0.2) is 24.8 Å². The quantitative estimate of drug-likeness (QED) is 0.670. The number of aliphatic hydroxyl groups is 1. The van der Waals surface area contributed by atoms with Gasteiger partial charge in [0.1, 0.15) is 6.33 Å². The van der Waals surface area contributed by atoms with Gasteiger partial charge in [0, 0.05) is 18.0 Å². The van der Waals surface area contributed by atoms with Crippen molar-refractivity contribution in [3.63, 3.8) is 0 Å². The lowest BCUT2D eigenvalue weighted by molar-refractivity contribution is 0.223. The normalized spacial score (nSPS) is 22.4. The van der Waals surface area contributed by atoms with E-state index in [1.807, 2.05) is 6.08 Å². The first kappa shape index (κ1) is 7.43. The third-order valence-electron chi connectivity index (χ3n) is 2.03. The highest BCUT2D eigenvalue weighted by molar-refractivity contribution is 5.66. The van der Waals surface area contributed by atoms with Crippen molar-refractivity contribution in [3.8, 4) is 0 Å². The molecule has 1 aromatic heterocycles. The number of nitrogens with zero attached hydrogens (tertiary/aromatic N) is 2. The molecule has 1 N–H and O–H groups in total. The Morgan fingerprint density at radius 3 is 2.67 bits per heavy atom. The van der Waals surface area contributed by atoms with Crippen LogP contribution in [0.3, 0.4) is 0 Å². The average molecular weight is 162 g/mol. The molecule has 0 saturated carbocycles. The van der Waals surface area contributed by atoms with Gasteiger partial charge in [0.15, 0.2) is 0 Å².